The van der Waals surface area contributed by atoms with E-state index in [1.807, 2.05) is 0 Å². The third-order valence-corrected chi connectivity index (χ3v) is 22.1. The van der Waals surface area contributed by atoms with Crippen molar-refractivity contribution < 1.29 is 91.5 Å². The summed E-state index contributed by atoms with van der Waals surface area (Å²) in [7, 11) is 0. The monoisotopic (exact) mass is 1360 g/mol. The van der Waals surface area contributed by atoms with Crippen molar-refractivity contribution in [3.63, 3.8) is 0 Å². The van der Waals surface area contributed by atoms with Crippen LogP contribution in [0.3, 0.4) is 0 Å². The number of phenols is 17. The van der Waals surface area contributed by atoms with Gasteiger partial charge in [-0.3, -0.25) is 0 Å². The number of fused-ring (bicyclic) bond motifs is 3. The molecule has 508 valence electrons. The van der Waals surface area contributed by atoms with Gasteiger partial charge in [-0.2, -0.15) is 0 Å². The molecule has 0 radical (unpaired) electrons. The van der Waals surface area contributed by atoms with Crippen molar-refractivity contribution >= 4 is 0 Å². The average molecular weight is 1360 g/mol. The molecule has 12 atom stereocenters. The predicted molar refractivity (Wildman–Crippen MR) is 373 cm³/mol. The van der Waals surface area contributed by atoms with E-state index >= 15 is 0 Å². The molecule has 102 heavy (non-hydrogen) atoms. The predicted octanol–water partition coefficient (Wildman–Crippen LogP) is 15.2. The third kappa shape index (κ3) is 9.60. The molecule has 12 aromatic carbocycles. The first kappa shape index (κ1) is 62.6. The Morgan fingerprint density at radius 2 is 0.588 bits per heavy atom. The van der Waals surface area contributed by atoms with Crippen molar-refractivity contribution in [2.24, 2.45) is 0 Å². The Balaban J connectivity index is 0.949. The van der Waals surface area contributed by atoms with Gasteiger partial charge in [0.05, 0.1) is 5.92 Å². The van der Waals surface area contributed by atoms with Crippen LogP contribution in [0.25, 0.3) is 0 Å². The Labute approximate surface area is 581 Å². The van der Waals surface area contributed by atoms with Crippen LogP contribution in [0.5, 0.6) is 103 Å². The van der Waals surface area contributed by atoms with Crippen LogP contribution >= 0.6 is 0 Å². The highest BCUT2D eigenvalue weighted by molar-refractivity contribution is 5.76. The van der Waals surface area contributed by atoms with Crippen molar-refractivity contribution in [1.29, 1.82) is 0 Å². The lowest BCUT2D eigenvalue weighted by Gasteiger charge is -2.35. The molecule has 17 N–H and O–H groups in total. The van der Waals surface area contributed by atoms with Crippen LogP contribution < -0.4 is 4.74 Å². The summed E-state index contributed by atoms with van der Waals surface area (Å²) in [6.45, 7) is 0. The highest BCUT2D eigenvalue weighted by Gasteiger charge is 2.58. The maximum absolute atomic E-state index is 13.7. The number of phenolic OH excluding ortho intramolecular Hbond substituents is 17. The topological polar surface area (TPSA) is 353 Å². The molecular formula is C84H64O18. The van der Waals surface area contributed by atoms with E-state index in [9.17, 15) is 86.8 Å². The summed E-state index contributed by atoms with van der Waals surface area (Å²) in [4.78, 5) is 0. The summed E-state index contributed by atoms with van der Waals surface area (Å²) in [5.74, 6) is -16.2. The lowest BCUT2D eigenvalue weighted by atomic mass is 9.68. The molecule has 0 bridgehead atoms. The van der Waals surface area contributed by atoms with Gasteiger partial charge in [-0.15, -0.1) is 0 Å². The zero-order chi connectivity index (χ0) is 70.7. The normalized spacial score (nSPS) is 21.9. The Morgan fingerprint density at radius 3 is 1.09 bits per heavy atom. The number of hydrogen-bond acceptors (Lipinski definition) is 18. The lowest BCUT2D eigenvalue weighted by molar-refractivity contribution is 0.221. The van der Waals surface area contributed by atoms with Gasteiger partial charge >= 0.3 is 0 Å². The highest BCUT2D eigenvalue weighted by atomic mass is 16.5. The van der Waals surface area contributed by atoms with Gasteiger partial charge < -0.3 is 91.5 Å². The minimum atomic E-state index is -1.49. The van der Waals surface area contributed by atoms with E-state index in [2.05, 4.69) is 0 Å². The largest absolute Gasteiger partial charge is 0.508 e. The van der Waals surface area contributed by atoms with Gasteiger partial charge in [0, 0.05) is 128 Å². The van der Waals surface area contributed by atoms with Gasteiger partial charge in [0.2, 0.25) is 0 Å². The second kappa shape index (κ2) is 23.1. The van der Waals surface area contributed by atoms with E-state index in [4.69, 9.17) is 4.74 Å². The van der Waals surface area contributed by atoms with E-state index in [-0.39, 0.29) is 114 Å². The summed E-state index contributed by atoms with van der Waals surface area (Å²) < 4.78 is 6.95. The molecule has 4 aliphatic carbocycles. The first-order chi connectivity index (χ1) is 49.1. The molecule has 1 heterocycles. The Morgan fingerprint density at radius 1 is 0.225 bits per heavy atom. The van der Waals surface area contributed by atoms with Crippen molar-refractivity contribution in [3.05, 3.63) is 318 Å². The van der Waals surface area contributed by atoms with Crippen molar-refractivity contribution in [2.75, 3.05) is 0 Å². The van der Waals surface area contributed by atoms with Gasteiger partial charge in [-0.05, 0) is 176 Å². The molecule has 0 spiro atoms. The number of rotatable bonds is 10. The Bertz CT molecular complexity index is 5360. The van der Waals surface area contributed by atoms with E-state index < -0.39 is 106 Å². The van der Waals surface area contributed by atoms with Crippen LogP contribution in [0.15, 0.2) is 212 Å². The molecule has 17 rings (SSSR count). The molecule has 1 unspecified atom stereocenters. The Kier molecular flexibility index (Phi) is 14.1. The van der Waals surface area contributed by atoms with Crippen molar-refractivity contribution in [2.45, 2.75) is 71.2 Å². The van der Waals surface area contributed by atoms with Gasteiger partial charge in [0.25, 0.3) is 0 Å². The molecule has 0 saturated carbocycles. The lowest BCUT2D eigenvalue weighted by Crippen LogP contribution is -2.21. The van der Waals surface area contributed by atoms with Gasteiger partial charge in [0.1, 0.15) is 110 Å². The number of benzene rings is 12. The summed E-state index contributed by atoms with van der Waals surface area (Å²) in [5, 5.41) is 204. The number of ether oxygens (including phenoxy) is 1. The second-order valence-corrected chi connectivity index (χ2v) is 27.5. The maximum atomic E-state index is 13.7. The molecule has 18 heteroatoms. The molecule has 0 amide bonds. The molecule has 0 fully saturated rings. The quantitative estimate of drug-likeness (QED) is 0.0605. The van der Waals surface area contributed by atoms with Crippen molar-refractivity contribution in [1.82, 2.24) is 0 Å². The van der Waals surface area contributed by atoms with Crippen LogP contribution in [-0.2, 0) is 0 Å². The molecule has 5 aliphatic rings. The molecule has 18 nitrogen and oxygen atoms in total. The van der Waals surface area contributed by atoms with Crippen LogP contribution in [0.1, 0.15) is 177 Å². The van der Waals surface area contributed by atoms with Crippen LogP contribution in [0.4, 0.5) is 0 Å². The zero-order valence-electron chi connectivity index (χ0n) is 53.6. The first-order valence-electron chi connectivity index (χ1n) is 33.2. The van der Waals surface area contributed by atoms with Gasteiger partial charge in [-0.25, -0.2) is 0 Å². The minimum absolute atomic E-state index is 0.0158. The molecule has 0 aromatic heterocycles. The van der Waals surface area contributed by atoms with E-state index in [1.54, 1.807) is 78.9 Å². The number of hydrogen-bond donors (Lipinski definition) is 17. The van der Waals surface area contributed by atoms with Gasteiger partial charge in [0.15, 0.2) is 0 Å². The number of aromatic hydroxyl groups is 17. The van der Waals surface area contributed by atoms with Crippen LogP contribution in [-0.4, -0.2) is 86.8 Å². The first-order valence-corrected chi connectivity index (χ1v) is 33.2. The molecular weight excluding hydrogens is 1300 g/mol. The summed E-state index contributed by atoms with van der Waals surface area (Å²) in [6.07, 6.45) is -0.899. The van der Waals surface area contributed by atoms with E-state index in [1.165, 1.54) is 115 Å². The molecule has 1 aliphatic heterocycles. The third-order valence-electron chi connectivity index (χ3n) is 22.1. The highest BCUT2D eigenvalue weighted by Crippen LogP contribution is 2.73. The van der Waals surface area contributed by atoms with Crippen molar-refractivity contribution in [3.8, 4) is 103 Å². The summed E-state index contributed by atoms with van der Waals surface area (Å²) >= 11 is 0. The fourth-order valence-electron chi connectivity index (χ4n) is 18.5. The smallest absolute Gasteiger partial charge is 0.135 e. The minimum Gasteiger partial charge on any atom is -0.508 e. The zero-order valence-corrected chi connectivity index (χ0v) is 53.6. The molecule has 0 saturated heterocycles. The SMILES string of the molecule is Oc1ccc(C(c2c(O)cc([C@H]3c4c(O)cc5c6c4[C@H]([C@H](c4ccc(O)cc4)c4c(O)cc(O)cc4[C@H]6[C@H](c4ccc(O)cc4)O5)[C@@H]3c3ccc(O)cc3)cc2O)[C@@H]2c3c(O)cc(O)cc3[C@@H](c3ccc(O)cc3)[C@H]3c4c2c(O)cc(O)c4[C@@H](c2cc(O)cc(O)c2)[C@H]3c2ccc(O)cc2)cc1. The fourth-order valence-corrected chi connectivity index (χ4v) is 18.5. The average Bonchev–Trinajstić information content (AvgIpc) is 1.52. The van der Waals surface area contributed by atoms with Crippen LogP contribution in [0, 0.1) is 0 Å². The Hall–Kier alpha value is -13.0. The fraction of sp³-hybridized carbons (Fsp3) is 0.143. The summed E-state index contributed by atoms with van der Waals surface area (Å²) in [6, 6.07) is 52.9. The van der Waals surface area contributed by atoms with Crippen LogP contribution in [0.2, 0.25) is 0 Å². The summed E-state index contributed by atoms with van der Waals surface area (Å²) in [5.41, 5.74) is 6.60. The van der Waals surface area contributed by atoms with E-state index in [0.29, 0.717) is 61.2 Å². The second-order valence-electron chi connectivity index (χ2n) is 27.5. The van der Waals surface area contributed by atoms with Gasteiger partial charge in [-0.1, -0.05) is 72.8 Å². The van der Waals surface area contributed by atoms with E-state index in [0.717, 1.165) is 18.2 Å². The molecule has 12 aromatic rings. The standard InChI is InChI=1S/C84H64O18/c85-44-13-1-36(2-14-44)64-54-30-52(93)33-59(98)72(54)81(77-61(100)34-60(99)75-69(42-25-50(91)29-51(92)26-42)65(79(64)82(75)77)37-3-15-45(86)16-4-37)68(40-9-21-48(89)22-10-40)74-56(95)27-43(28-57(74)96)70-66(38-5-17-46(87)18-6-38)80-67(39-7-19-47(88)20-8-39)71-55(31-53(94)32-58(71)97)73-78-63(35-62(101)76(70)83(78)80)102-84(73)41-11-23-49(90)24-12-41/h1-35,64-70,73,79-81,84-101H/t64-,65-,66-,67-,68?,69+,70-,73-,79-,80+,81-,84+/m1/s1. The maximum Gasteiger partial charge on any atom is 0.135 e.